The van der Waals surface area contributed by atoms with Gasteiger partial charge in [-0.25, -0.2) is 0 Å². The molecular weight excluding hydrogens is 290 g/mol. The number of amides is 2. The summed E-state index contributed by atoms with van der Waals surface area (Å²) in [7, 11) is 0. The summed E-state index contributed by atoms with van der Waals surface area (Å²) in [4.78, 5) is 23.4. The summed E-state index contributed by atoms with van der Waals surface area (Å²) in [6.07, 6.45) is 0.127. The van der Waals surface area contributed by atoms with Crippen LogP contribution in [0.15, 0.2) is 48.5 Å². The van der Waals surface area contributed by atoms with Crippen molar-refractivity contribution in [1.82, 2.24) is 0 Å². The van der Waals surface area contributed by atoms with E-state index in [1.165, 1.54) is 0 Å². The largest absolute Gasteiger partial charge is 0.326 e. The highest BCUT2D eigenvalue weighted by molar-refractivity contribution is 5.94. The molecule has 0 aromatic heterocycles. The Labute approximate surface area is 134 Å². The number of nitriles is 1. The van der Waals surface area contributed by atoms with Crippen LogP contribution in [0.5, 0.6) is 0 Å². The highest BCUT2D eigenvalue weighted by atomic mass is 16.2. The summed E-state index contributed by atoms with van der Waals surface area (Å²) >= 11 is 0. The summed E-state index contributed by atoms with van der Waals surface area (Å²) in [6.45, 7) is 1.97. The molecule has 0 spiro atoms. The Bertz CT molecular complexity index is 746. The zero-order valence-electron chi connectivity index (χ0n) is 12.8. The second kappa shape index (κ2) is 7.76. The second-order valence-corrected chi connectivity index (χ2v) is 5.11. The molecule has 2 aromatic carbocycles. The standard InChI is InChI=1S/C18H17N3O2/c1-13-4-2-3-5-14(13)12-18(23)21-16-8-6-15(7-9-16)20-17(22)10-11-19/h2-9H,10,12H2,1H3,(H,20,22)(H,21,23). The minimum absolute atomic E-state index is 0.0967. The van der Waals surface area contributed by atoms with E-state index in [9.17, 15) is 9.59 Å². The fourth-order valence-electron chi connectivity index (χ4n) is 2.10. The van der Waals surface area contributed by atoms with Gasteiger partial charge in [0.15, 0.2) is 0 Å². The van der Waals surface area contributed by atoms with Crippen LogP contribution < -0.4 is 10.6 Å². The summed E-state index contributed by atoms with van der Waals surface area (Å²) in [6, 6.07) is 16.3. The van der Waals surface area contributed by atoms with Gasteiger partial charge in [0.1, 0.15) is 6.42 Å². The van der Waals surface area contributed by atoms with Gasteiger partial charge in [0.05, 0.1) is 12.5 Å². The van der Waals surface area contributed by atoms with Crippen molar-refractivity contribution >= 4 is 23.2 Å². The van der Waals surface area contributed by atoms with Crippen molar-refractivity contribution in [3.05, 3.63) is 59.7 Å². The molecule has 0 heterocycles. The molecule has 0 aliphatic carbocycles. The maximum Gasteiger partial charge on any atom is 0.238 e. The molecule has 116 valence electrons. The number of nitrogens with one attached hydrogen (secondary N) is 2. The van der Waals surface area contributed by atoms with Gasteiger partial charge in [0, 0.05) is 11.4 Å². The lowest BCUT2D eigenvalue weighted by molar-refractivity contribution is -0.116. The van der Waals surface area contributed by atoms with E-state index < -0.39 is 0 Å². The Morgan fingerprint density at radius 1 is 0.957 bits per heavy atom. The zero-order valence-corrected chi connectivity index (χ0v) is 12.8. The van der Waals surface area contributed by atoms with Crippen LogP contribution in [0.25, 0.3) is 0 Å². The van der Waals surface area contributed by atoms with E-state index in [-0.39, 0.29) is 18.2 Å². The number of nitrogens with zero attached hydrogens (tertiary/aromatic N) is 1. The van der Waals surface area contributed by atoms with Gasteiger partial charge in [-0.2, -0.15) is 5.26 Å². The molecule has 0 saturated carbocycles. The van der Waals surface area contributed by atoms with Crippen LogP contribution in [-0.2, 0) is 16.0 Å². The first kappa shape index (κ1) is 16.2. The van der Waals surface area contributed by atoms with Gasteiger partial charge >= 0.3 is 0 Å². The van der Waals surface area contributed by atoms with Gasteiger partial charge in [0.2, 0.25) is 11.8 Å². The fraction of sp³-hybridized carbons (Fsp3) is 0.167. The van der Waals surface area contributed by atoms with Crippen molar-refractivity contribution in [2.24, 2.45) is 0 Å². The molecule has 2 amide bonds. The summed E-state index contributed by atoms with van der Waals surface area (Å²) in [5.74, 6) is -0.454. The van der Waals surface area contributed by atoms with E-state index in [1.807, 2.05) is 31.2 Å². The maximum atomic E-state index is 12.1. The molecule has 23 heavy (non-hydrogen) atoms. The van der Waals surface area contributed by atoms with Gasteiger partial charge in [-0.05, 0) is 42.3 Å². The molecule has 0 saturated heterocycles. The highest BCUT2D eigenvalue weighted by Gasteiger charge is 2.06. The Morgan fingerprint density at radius 3 is 2.09 bits per heavy atom. The normalized spacial score (nSPS) is 9.74. The molecule has 5 heteroatoms. The molecule has 0 radical (unpaired) electrons. The van der Waals surface area contributed by atoms with Crippen molar-refractivity contribution in [3.8, 4) is 6.07 Å². The first-order valence-electron chi connectivity index (χ1n) is 7.19. The summed E-state index contributed by atoms with van der Waals surface area (Å²) in [5.41, 5.74) is 3.31. The van der Waals surface area contributed by atoms with E-state index in [1.54, 1.807) is 30.3 Å². The van der Waals surface area contributed by atoms with Gasteiger partial charge in [-0.1, -0.05) is 24.3 Å². The Morgan fingerprint density at radius 2 is 1.52 bits per heavy atom. The van der Waals surface area contributed by atoms with Crippen molar-refractivity contribution in [2.45, 2.75) is 19.8 Å². The smallest absolute Gasteiger partial charge is 0.238 e. The molecule has 2 aromatic rings. The van der Waals surface area contributed by atoms with E-state index in [0.717, 1.165) is 11.1 Å². The molecule has 2 N–H and O–H groups in total. The lowest BCUT2D eigenvalue weighted by Crippen LogP contribution is -2.15. The topological polar surface area (TPSA) is 82.0 Å². The van der Waals surface area contributed by atoms with Crippen molar-refractivity contribution in [1.29, 1.82) is 5.26 Å². The van der Waals surface area contributed by atoms with Crippen LogP contribution in [0, 0.1) is 18.3 Å². The summed E-state index contributed by atoms with van der Waals surface area (Å²) < 4.78 is 0. The SMILES string of the molecule is Cc1ccccc1CC(=O)Nc1ccc(NC(=O)CC#N)cc1. The first-order chi connectivity index (χ1) is 11.1. The molecule has 2 rings (SSSR count). The van der Waals surface area contributed by atoms with Crippen LogP contribution in [-0.4, -0.2) is 11.8 Å². The Balaban J connectivity index is 1.93. The minimum atomic E-state index is -0.358. The first-order valence-corrected chi connectivity index (χ1v) is 7.19. The van der Waals surface area contributed by atoms with E-state index in [2.05, 4.69) is 10.6 Å². The lowest BCUT2D eigenvalue weighted by Gasteiger charge is -2.08. The van der Waals surface area contributed by atoms with Gasteiger partial charge in [-0.15, -0.1) is 0 Å². The maximum absolute atomic E-state index is 12.1. The van der Waals surface area contributed by atoms with Gasteiger partial charge in [-0.3, -0.25) is 9.59 Å². The summed E-state index contributed by atoms with van der Waals surface area (Å²) in [5, 5.41) is 13.9. The van der Waals surface area contributed by atoms with Crippen LogP contribution in [0.3, 0.4) is 0 Å². The van der Waals surface area contributed by atoms with Crippen molar-refractivity contribution in [3.63, 3.8) is 0 Å². The van der Waals surface area contributed by atoms with Crippen molar-refractivity contribution < 1.29 is 9.59 Å². The minimum Gasteiger partial charge on any atom is -0.326 e. The third-order valence-corrected chi connectivity index (χ3v) is 3.30. The number of carbonyl (C=O) groups is 2. The number of anilines is 2. The van der Waals surface area contributed by atoms with Crippen LogP contribution in [0.2, 0.25) is 0 Å². The molecule has 0 bridgehead atoms. The van der Waals surface area contributed by atoms with Crippen LogP contribution >= 0.6 is 0 Å². The van der Waals surface area contributed by atoms with E-state index in [4.69, 9.17) is 5.26 Å². The number of hydrogen-bond donors (Lipinski definition) is 2. The lowest BCUT2D eigenvalue weighted by atomic mass is 10.1. The number of benzene rings is 2. The van der Waals surface area contributed by atoms with Crippen LogP contribution in [0.4, 0.5) is 11.4 Å². The Hall–Kier alpha value is -3.13. The average Bonchev–Trinajstić information content (AvgIpc) is 2.52. The molecule has 0 aliphatic heterocycles. The average molecular weight is 307 g/mol. The number of hydrogen-bond acceptors (Lipinski definition) is 3. The number of carbonyl (C=O) groups excluding carboxylic acids is 2. The molecular formula is C18H17N3O2. The Kier molecular flexibility index (Phi) is 5.48. The third-order valence-electron chi connectivity index (χ3n) is 3.30. The van der Waals surface area contributed by atoms with E-state index in [0.29, 0.717) is 17.8 Å². The molecule has 0 unspecified atom stereocenters. The quantitative estimate of drug-likeness (QED) is 0.890. The molecule has 0 aliphatic rings. The number of aryl methyl sites for hydroxylation is 1. The van der Waals surface area contributed by atoms with Crippen LogP contribution in [0.1, 0.15) is 17.5 Å². The predicted octanol–water partition coefficient (Wildman–Crippen LogP) is 3.03. The van der Waals surface area contributed by atoms with E-state index >= 15 is 0 Å². The molecule has 0 atom stereocenters. The molecule has 0 fully saturated rings. The predicted molar refractivity (Wildman–Crippen MR) is 88.8 cm³/mol. The monoisotopic (exact) mass is 307 g/mol. The zero-order chi connectivity index (χ0) is 16.7. The second-order valence-electron chi connectivity index (χ2n) is 5.11. The third kappa shape index (κ3) is 4.97. The fourth-order valence-corrected chi connectivity index (χ4v) is 2.10. The molecule has 5 nitrogen and oxygen atoms in total. The van der Waals surface area contributed by atoms with Gasteiger partial charge in [0.25, 0.3) is 0 Å². The number of rotatable bonds is 5. The highest BCUT2D eigenvalue weighted by Crippen LogP contribution is 2.15. The van der Waals surface area contributed by atoms with Crippen molar-refractivity contribution in [2.75, 3.05) is 10.6 Å². The van der Waals surface area contributed by atoms with Gasteiger partial charge < -0.3 is 10.6 Å².